The Bertz CT molecular complexity index is 1320. The molecule has 0 bridgehead atoms. The van der Waals surface area contributed by atoms with Crippen LogP contribution in [0.1, 0.15) is 41.5 Å². The van der Waals surface area contributed by atoms with Crippen LogP contribution in [0.2, 0.25) is 0 Å². The van der Waals surface area contributed by atoms with Gasteiger partial charge in [-0.05, 0) is 101 Å². The minimum Gasteiger partial charge on any atom is -0.487 e. The number of para-hydroxylation sites is 2. The summed E-state index contributed by atoms with van der Waals surface area (Å²) in [5.74, 6) is 1.71. The van der Waals surface area contributed by atoms with E-state index >= 15 is 0 Å². The summed E-state index contributed by atoms with van der Waals surface area (Å²) in [5.41, 5.74) is 1.91. The molecular weight excluding hydrogens is 541 g/mol. The molecule has 0 radical (unpaired) electrons. The van der Waals surface area contributed by atoms with Gasteiger partial charge >= 0.3 is 0 Å². The van der Waals surface area contributed by atoms with E-state index in [2.05, 4.69) is 63.9 Å². The van der Waals surface area contributed by atoms with Crippen molar-refractivity contribution in [3.63, 3.8) is 0 Å². The molecule has 0 spiro atoms. The molecule has 0 amide bonds. The first-order valence-corrected chi connectivity index (χ1v) is 14.8. The van der Waals surface area contributed by atoms with Crippen molar-refractivity contribution in [2.45, 2.75) is 52.6 Å². The second kappa shape index (κ2) is 11.5. The maximum absolute atomic E-state index is 5.73. The fourth-order valence-electron chi connectivity index (χ4n) is 4.39. The molecule has 0 saturated heterocycles. The Morgan fingerprint density at radius 3 is 1.38 bits per heavy atom. The fourth-order valence-corrected chi connectivity index (χ4v) is 6.40. The number of nitrogens with zero attached hydrogens (tertiary/aromatic N) is 6. The minimum absolute atomic E-state index is 0.159. The molecule has 40 heavy (non-hydrogen) atoms. The molecule has 0 fully saturated rings. The highest BCUT2D eigenvalue weighted by Gasteiger charge is 2.33. The zero-order valence-corrected chi connectivity index (χ0v) is 25.3. The number of fused-ring (bicyclic) bond motifs is 2. The number of ether oxygens (including phenoxy) is 2. The predicted molar refractivity (Wildman–Crippen MR) is 168 cm³/mol. The molecule has 2 aromatic carbocycles. The lowest BCUT2D eigenvalue weighted by molar-refractivity contribution is 0.376. The second-order valence-corrected chi connectivity index (χ2v) is 12.8. The van der Waals surface area contributed by atoms with Gasteiger partial charge in [0.15, 0.2) is 10.3 Å². The summed E-state index contributed by atoms with van der Waals surface area (Å²) in [6, 6.07) is 19.6. The average Bonchev–Trinajstić information content (AvgIpc) is 3.50. The SMILES string of the molecule is CC1=CC(C)(C)N=C2SC(COc3ccccc3)=NN12.CC1=CC(C)(C)N=C2SC(COc3ccccc3)=NN12. The van der Waals surface area contributed by atoms with Crippen LogP contribution in [-0.2, 0) is 0 Å². The van der Waals surface area contributed by atoms with Gasteiger partial charge in [-0.2, -0.15) is 10.2 Å². The van der Waals surface area contributed by atoms with Gasteiger partial charge in [0.05, 0.1) is 11.1 Å². The maximum Gasteiger partial charge on any atom is 0.191 e. The summed E-state index contributed by atoms with van der Waals surface area (Å²) in [7, 11) is 0. The topological polar surface area (TPSA) is 74.4 Å². The zero-order chi connectivity index (χ0) is 28.3. The van der Waals surface area contributed by atoms with Crippen molar-refractivity contribution in [2.75, 3.05) is 13.2 Å². The van der Waals surface area contributed by atoms with Crippen molar-refractivity contribution in [1.29, 1.82) is 0 Å². The van der Waals surface area contributed by atoms with Crippen molar-refractivity contribution < 1.29 is 9.47 Å². The Hall–Kier alpha value is -3.50. The first kappa shape index (κ1) is 28.0. The highest BCUT2D eigenvalue weighted by molar-refractivity contribution is 8.27. The number of thioether (sulfide) groups is 2. The lowest BCUT2D eigenvalue weighted by atomic mass is 10.0. The number of aliphatic imine (C=N–C) groups is 2. The number of benzene rings is 2. The number of hydrogen-bond donors (Lipinski definition) is 0. The summed E-state index contributed by atoms with van der Waals surface area (Å²) in [6.07, 6.45) is 4.25. The van der Waals surface area contributed by atoms with Crippen molar-refractivity contribution in [2.24, 2.45) is 20.2 Å². The summed E-state index contributed by atoms with van der Waals surface area (Å²) in [6.45, 7) is 13.4. The van der Waals surface area contributed by atoms with Gasteiger partial charge in [0.25, 0.3) is 0 Å². The maximum atomic E-state index is 5.73. The van der Waals surface area contributed by atoms with Gasteiger partial charge in [0.2, 0.25) is 0 Å². The number of amidine groups is 2. The predicted octanol–water partition coefficient (Wildman–Crippen LogP) is 6.96. The summed E-state index contributed by atoms with van der Waals surface area (Å²) in [5, 5.41) is 16.6. The van der Waals surface area contributed by atoms with Crippen molar-refractivity contribution >= 4 is 43.9 Å². The average molecular weight is 575 g/mol. The van der Waals surface area contributed by atoms with Gasteiger partial charge in [-0.25, -0.2) is 20.0 Å². The van der Waals surface area contributed by atoms with Crippen LogP contribution in [0.25, 0.3) is 0 Å². The standard InChI is InChI=1S/2C15H17N3OS/c2*1-11-9-15(2,3)16-14-18(11)17-13(20-14)10-19-12-7-5-4-6-8-12/h2*4-9H,10H2,1-3H3. The third-order valence-electron chi connectivity index (χ3n) is 5.97. The van der Waals surface area contributed by atoms with Crippen molar-refractivity contribution in [3.8, 4) is 11.5 Å². The molecule has 10 heteroatoms. The first-order chi connectivity index (χ1) is 19.1. The molecule has 6 rings (SSSR count). The summed E-state index contributed by atoms with van der Waals surface area (Å²) >= 11 is 3.16. The van der Waals surface area contributed by atoms with E-state index in [1.807, 2.05) is 70.7 Å². The van der Waals surface area contributed by atoms with Crippen molar-refractivity contribution in [1.82, 2.24) is 10.0 Å². The summed E-state index contributed by atoms with van der Waals surface area (Å²) < 4.78 is 11.5. The smallest absolute Gasteiger partial charge is 0.191 e. The van der Waals surface area contributed by atoms with Gasteiger partial charge in [-0.1, -0.05) is 36.4 Å². The second-order valence-electron chi connectivity index (χ2n) is 10.7. The van der Waals surface area contributed by atoms with E-state index in [4.69, 9.17) is 19.5 Å². The monoisotopic (exact) mass is 574 g/mol. The quantitative estimate of drug-likeness (QED) is 0.371. The molecule has 0 unspecified atom stereocenters. The molecule has 0 atom stereocenters. The molecule has 0 aliphatic carbocycles. The van der Waals surface area contributed by atoms with Crippen LogP contribution in [0, 0.1) is 0 Å². The Labute approximate surface area is 244 Å². The van der Waals surface area contributed by atoms with Crippen LogP contribution in [0.4, 0.5) is 0 Å². The molecular formula is C30H34N6O2S2. The highest BCUT2D eigenvalue weighted by Crippen LogP contribution is 2.34. The lowest BCUT2D eigenvalue weighted by Gasteiger charge is -2.27. The molecule has 4 heterocycles. The Balaban J connectivity index is 0.000000161. The Morgan fingerprint density at radius 2 is 1.00 bits per heavy atom. The van der Waals surface area contributed by atoms with Crippen LogP contribution in [-0.4, -0.2) is 54.7 Å². The largest absolute Gasteiger partial charge is 0.487 e. The Morgan fingerprint density at radius 1 is 0.625 bits per heavy atom. The van der Waals surface area contributed by atoms with E-state index in [-0.39, 0.29) is 11.1 Å². The Kier molecular flexibility index (Phi) is 8.09. The van der Waals surface area contributed by atoms with Gasteiger partial charge in [-0.3, -0.25) is 0 Å². The van der Waals surface area contributed by atoms with E-state index in [1.54, 1.807) is 23.5 Å². The minimum atomic E-state index is -0.159. The molecule has 208 valence electrons. The van der Waals surface area contributed by atoms with Crippen LogP contribution < -0.4 is 9.47 Å². The van der Waals surface area contributed by atoms with Gasteiger partial charge in [-0.15, -0.1) is 0 Å². The van der Waals surface area contributed by atoms with E-state index in [1.165, 1.54) is 0 Å². The van der Waals surface area contributed by atoms with Gasteiger partial charge in [0, 0.05) is 11.4 Å². The molecule has 4 aliphatic rings. The van der Waals surface area contributed by atoms with Crippen LogP contribution in [0.5, 0.6) is 11.5 Å². The number of allylic oxidation sites excluding steroid dienone is 2. The zero-order valence-electron chi connectivity index (χ0n) is 23.7. The van der Waals surface area contributed by atoms with E-state index < -0.39 is 0 Å². The third kappa shape index (κ3) is 6.98. The van der Waals surface area contributed by atoms with E-state index in [0.717, 1.165) is 43.3 Å². The van der Waals surface area contributed by atoms with E-state index in [9.17, 15) is 0 Å². The molecule has 2 aromatic rings. The molecule has 8 nitrogen and oxygen atoms in total. The molecule has 0 aromatic heterocycles. The third-order valence-corrected chi connectivity index (χ3v) is 7.74. The first-order valence-electron chi connectivity index (χ1n) is 13.1. The normalized spacial score (nSPS) is 19.9. The van der Waals surface area contributed by atoms with Gasteiger partial charge < -0.3 is 9.47 Å². The number of hydrogen-bond acceptors (Lipinski definition) is 10. The van der Waals surface area contributed by atoms with Crippen LogP contribution in [0.3, 0.4) is 0 Å². The highest BCUT2D eigenvalue weighted by atomic mass is 32.2. The molecule has 4 aliphatic heterocycles. The van der Waals surface area contributed by atoms with Crippen molar-refractivity contribution in [3.05, 3.63) is 84.2 Å². The van der Waals surface area contributed by atoms with E-state index in [0.29, 0.717) is 13.2 Å². The molecule has 0 saturated carbocycles. The van der Waals surface area contributed by atoms with Crippen LogP contribution >= 0.6 is 23.5 Å². The number of hydrazone groups is 2. The molecule has 0 N–H and O–H groups in total. The number of rotatable bonds is 6. The summed E-state index contributed by atoms with van der Waals surface area (Å²) in [4.78, 5) is 9.38. The fraction of sp³-hybridized carbons (Fsp3) is 0.333. The van der Waals surface area contributed by atoms with Crippen LogP contribution in [0.15, 0.2) is 104 Å². The van der Waals surface area contributed by atoms with Gasteiger partial charge in [0.1, 0.15) is 34.8 Å². The lowest BCUT2D eigenvalue weighted by Crippen LogP contribution is -2.29.